The van der Waals surface area contributed by atoms with E-state index in [2.05, 4.69) is 15.0 Å². The number of fused-ring (bicyclic) bond motifs is 1. The van der Waals surface area contributed by atoms with E-state index in [0.29, 0.717) is 6.61 Å². The van der Waals surface area contributed by atoms with Gasteiger partial charge in [-0.25, -0.2) is 9.50 Å². The summed E-state index contributed by atoms with van der Waals surface area (Å²) in [6.45, 7) is 11.2. The lowest BCUT2D eigenvalue weighted by atomic mass is 10.4. The number of imidazole rings is 1. The van der Waals surface area contributed by atoms with Crippen molar-refractivity contribution in [3.05, 3.63) is 24.2 Å². The van der Waals surface area contributed by atoms with Crippen molar-refractivity contribution in [2.75, 3.05) is 39.5 Å². The SMILES string of the molecule is CC.Cc1cnc2cc(OCCN3CCOCC3)cnn12. The lowest BCUT2D eigenvalue weighted by Gasteiger charge is -2.26. The molecule has 3 heterocycles. The first-order valence-corrected chi connectivity index (χ1v) is 7.56. The molecule has 21 heavy (non-hydrogen) atoms. The molecule has 0 radical (unpaired) electrons. The highest BCUT2D eigenvalue weighted by atomic mass is 16.5. The van der Waals surface area contributed by atoms with Gasteiger partial charge in [-0.2, -0.15) is 5.10 Å². The Bertz CT molecular complexity index is 550. The van der Waals surface area contributed by atoms with Crippen LogP contribution < -0.4 is 4.74 Å². The molecule has 0 unspecified atom stereocenters. The molecule has 0 atom stereocenters. The molecule has 3 rings (SSSR count). The second kappa shape index (κ2) is 7.95. The Morgan fingerprint density at radius 2 is 2.00 bits per heavy atom. The van der Waals surface area contributed by atoms with Crippen LogP contribution in [-0.4, -0.2) is 59.0 Å². The number of aryl methyl sites for hydroxylation is 1. The molecule has 6 nitrogen and oxygen atoms in total. The lowest BCUT2D eigenvalue weighted by Crippen LogP contribution is -2.38. The highest BCUT2D eigenvalue weighted by Gasteiger charge is 2.10. The van der Waals surface area contributed by atoms with Crippen molar-refractivity contribution in [1.29, 1.82) is 0 Å². The van der Waals surface area contributed by atoms with Gasteiger partial charge in [0.2, 0.25) is 0 Å². The number of hydrogen-bond donors (Lipinski definition) is 0. The summed E-state index contributed by atoms with van der Waals surface area (Å²) in [6.07, 6.45) is 3.54. The first-order valence-electron chi connectivity index (χ1n) is 7.56. The van der Waals surface area contributed by atoms with Gasteiger partial charge in [0.05, 0.1) is 31.3 Å². The van der Waals surface area contributed by atoms with Gasteiger partial charge in [-0.3, -0.25) is 4.90 Å². The van der Waals surface area contributed by atoms with Crippen molar-refractivity contribution in [3.63, 3.8) is 0 Å². The van der Waals surface area contributed by atoms with Crippen LogP contribution in [-0.2, 0) is 4.74 Å². The summed E-state index contributed by atoms with van der Waals surface area (Å²) in [5.41, 5.74) is 1.84. The minimum atomic E-state index is 0.664. The zero-order valence-corrected chi connectivity index (χ0v) is 13.1. The van der Waals surface area contributed by atoms with Gasteiger partial charge in [-0.1, -0.05) is 13.8 Å². The third-order valence-electron chi connectivity index (χ3n) is 3.29. The first-order chi connectivity index (χ1) is 10.3. The third-order valence-corrected chi connectivity index (χ3v) is 3.29. The van der Waals surface area contributed by atoms with Crippen molar-refractivity contribution in [3.8, 4) is 5.75 Å². The summed E-state index contributed by atoms with van der Waals surface area (Å²) in [6, 6.07) is 1.92. The Labute approximate surface area is 125 Å². The van der Waals surface area contributed by atoms with E-state index in [-0.39, 0.29) is 0 Å². The molecule has 1 aliphatic rings. The summed E-state index contributed by atoms with van der Waals surface area (Å²) in [5, 5.41) is 4.30. The molecule has 0 saturated carbocycles. The third kappa shape index (κ3) is 4.15. The highest BCUT2D eigenvalue weighted by Crippen LogP contribution is 2.12. The summed E-state index contributed by atoms with van der Waals surface area (Å²) in [7, 11) is 0. The fourth-order valence-electron chi connectivity index (χ4n) is 2.17. The minimum Gasteiger partial charge on any atom is -0.490 e. The van der Waals surface area contributed by atoms with E-state index >= 15 is 0 Å². The van der Waals surface area contributed by atoms with Crippen molar-refractivity contribution < 1.29 is 9.47 Å². The van der Waals surface area contributed by atoms with Crippen molar-refractivity contribution in [1.82, 2.24) is 19.5 Å². The summed E-state index contributed by atoms with van der Waals surface area (Å²) < 4.78 is 12.8. The zero-order chi connectivity index (χ0) is 15.1. The average molecular weight is 292 g/mol. The number of morpholine rings is 1. The maximum Gasteiger partial charge on any atom is 0.157 e. The van der Waals surface area contributed by atoms with Gasteiger partial charge >= 0.3 is 0 Å². The second-order valence-electron chi connectivity index (χ2n) is 4.66. The second-order valence-corrected chi connectivity index (χ2v) is 4.66. The summed E-state index contributed by atoms with van der Waals surface area (Å²) in [5.74, 6) is 0.770. The molecule has 6 heteroatoms. The predicted molar refractivity (Wildman–Crippen MR) is 81.8 cm³/mol. The van der Waals surface area contributed by atoms with Crippen LogP contribution in [0.3, 0.4) is 0 Å². The quantitative estimate of drug-likeness (QED) is 0.859. The normalized spacial score (nSPS) is 15.6. The summed E-state index contributed by atoms with van der Waals surface area (Å²) in [4.78, 5) is 6.61. The lowest BCUT2D eigenvalue weighted by molar-refractivity contribution is 0.0322. The molecule has 2 aromatic rings. The molecular weight excluding hydrogens is 268 g/mol. The number of rotatable bonds is 4. The van der Waals surface area contributed by atoms with Gasteiger partial charge in [0.15, 0.2) is 5.65 Å². The van der Waals surface area contributed by atoms with Gasteiger partial charge in [0.25, 0.3) is 0 Å². The molecule has 1 aliphatic heterocycles. The van der Waals surface area contributed by atoms with Crippen molar-refractivity contribution in [2.45, 2.75) is 20.8 Å². The van der Waals surface area contributed by atoms with Crippen LogP contribution in [0, 0.1) is 6.92 Å². The van der Waals surface area contributed by atoms with E-state index in [0.717, 1.165) is 49.9 Å². The van der Waals surface area contributed by atoms with E-state index in [9.17, 15) is 0 Å². The number of hydrogen-bond acceptors (Lipinski definition) is 5. The van der Waals surface area contributed by atoms with E-state index in [1.165, 1.54) is 0 Å². The van der Waals surface area contributed by atoms with Crippen LogP contribution >= 0.6 is 0 Å². The Morgan fingerprint density at radius 3 is 2.76 bits per heavy atom. The minimum absolute atomic E-state index is 0.664. The van der Waals surface area contributed by atoms with Gasteiger partial charge in [0, 0.05) is 25.7 Å². The van der Waals surface area contributed by atoms with Crippen LogP contribution in [0.2, 0.25) is 0 Å². The van der Waals surface area contributed by atoms with Crippen molar-refractivity contribution >= 4 is 5.65 Å². The number of nitrogens with zero attached hydrogens (tertiary/aromatic N) is 4. The molecular formula is C15H24N4O2. The molecule has 116 valence electrons. The van der Waals surface area contributed by atoms with E-state index in [4.69, 9.17) is 9.47 Å². The molecule has 2 aromatic heterocycles. The Hall–Kier alpha value is -1.66. The van der Waals surface area contributed by atoms with Crippen LogP contribution in [0.15, 0.2) is 18.5 Å². The maximum absolute atomic E-state index is 5.73. The van der Waals surface area contributed by atoms with E-state index in [1.807, 2.05) is 26.8 Å². The van der Waals surface area contributed by atoms with Gasteiger partial charge in [-0.15, -0.1) is 0 Å². The topological polar surface area (TPSA) is 51.9 Å². The monoisotopic (exact) mass is 292 g/mol. The Balaban J connectivity index is 0.000000774. The number of aromatic nitrogens is 3. The smallest absolute Gasteiger partial charge is 0.157 e. The van der Waals surface area contributed by atoms with Crippen LogP contribution in [0.4, 0.5) is 0 Å². The fraction of sp³-hybridized carbons (Fsp3) is 0.600. The molecule has 0 N–H and O–H groups in total. The summed E-state index contributed by atoms with van der Waals surface area (Å²) >= 11 is 0. The Morgan fingerprint density at radius 1 is 1.24 bits per heavy atom. The molecule has 0 spiro atoms. The molecule has 0 aromatic carbocycles. The van der Waals surface area contributed by atoms with Crippen LogP contribution in [0.25, 0.3) is 5.65 Å². The highest BCUT2D eigenvalue weighted by molar-refractivity contribution is 5.43. The standard InChI is InChI=1S/C13H18N4O2.C2H6/c1-11-9-14-13-8-12(10-15-17(11)13)19-7-4-16-2-5-18-6-3-16;1-2/h8-10H,2-7H2,1H3;1-2H3. The van der Waals surface area contributed by atoms with Gasteiger partial charge in [-0.05, 0) is 6.92 Å². The van der Waals surface area contributed by atoms with Gasteiger partial charge < -0.3 is 9.47 Å². The molecule has 1 saturated heterocycles. The predicted octanol–water partition coefficient (Wildman–Crippen LogP) is 1.77. The largest absolute Gasteiger partial charge is 0.490 e. The molecule has 0 bridgehead atoms. The maximum atomic E-state index is 5.73. The molecule has 0 amide bonds. The van der Waals surface area contributed by atoms with Crippen LogP contribution in [0.1, 0.15) is 19.5 Å². The van der Waals surface area contributed by atoms with E-state index in [1.54, 1.807) is 16.9 Å². The number of ether oxygens (including phenoxy) is 2. The first kappa shape index (κ1) is 15.7. The Kier molecular flexibility index (Phi) is 5.95. The molecule has 1 fully saturated rings. The average Bonchev–Trinajstić information content (AvgIpc) is 2.91. The van der Waals surface area contributed by atoms with Gasteiger partial charge in [0.1, 0.15) is 12.4 Å². The molecule has 0 aliphatic carbocycles. The fourth-order valence-corrected chi connectivity index (χ4v) is 2.17. The zero-order valence-electron chi connectivity index (χ0n) is 13.1. The van der Waals surface area contributed by atoms with E-state index < -0.39 is 0 Å². The van der Waals surface area contributed by atoms with Crippen LogP contribution in [0.5, 0.6) is 5.75 Å². The van der Waals surface area contributed by atoms with Crippen molar-refractivity contribution in [2.24, 2.45) is 0 Å².